The van der Waals surface area contributed by atoms with E-state index in [0.29, 0.717) is 13.0 Å². The molecule has 1 saturated carbocycles. The number of nitrogens with two attached hydrogens (primary N) is 1. The smallest absolute Gasteiger partial charge is 0.239 e. The Hall–Kier alpha value is -0.610. The van der Waals surface area contributed by atoms with Crippen molar-refractivity contribution in [2.45, 2.75) is 50.7 Å². The van der Waals surface area contributed by atoms with Crippen LogP contribution in [0.25, 0.3) is 0 Å². The van der Waals surface area contributed by atoms with E-state index in [-0.39, 0.29) is 5.91 Å². The van der Waals surface area contributed by atoms with Crippen molar-refractivity contribution in [1.29, 1.82) is 0 Å². The topological polar surface area (TPSA) is 66.6 Å². The summed E-state index contributed by atoms with van der Waals surface area (Å²) in [6, 6.07) is -0.431. The summed E-state index contributed by atoms with van der Waals surface area (Å²) in [6.07, 6.45) is 4.34. The fourth-order valence-corrected chi connectivity index (χ4v) is 2.17. The summed E-state index contributed by atoms with van der Waals surface area (Å²) in [6.45, 7) is 2.31. The van der Waals surface area contributed by atoms with Gasteiger partial charge in [-0.15, -0.1) is 0 Å². The Kier molecular flexibility index (Phi) is 4.11. The number of carbonyl (C=O) groups excluding carboxylic acids is 1. The molecule has 0 aromatic rings. The molecule has 0 aliphatic heterocycles. The molecule has 1 rings (SSSR count). The Balaban J connectivity index is 2.47. The van der Waals surface area contributed by atoms with Gasteiger partial charge in [-0.1, -0.05) is 19.8 Å². The third-order valence-corrected chi connectivity index (χ3v) is 3.20. The van der Waals surface area contributed by atoms with E-state index in [4.69, 9.17) is 5.73 Å². The maximum absolute atomic E-state index is 11.7. The molecule has 88 valence electrons. The van der Waals surface area contributed by atoms with Crippen LogP contribution in [0, 0.1) is 0 Å². The zero-order valence-electron chi connectivity index (χ0n) is 9.70. The molecule has 0 saturated heterocycles. The molecule has 1 unspecified atom stereocenters. The van der Waals surface area contributed by atoms with Crippen LogP contribution in [-0.2, 0) is 4.79 Å². The van der Waals surface area contributed by atoms with E-state index >= 15 is 0 Å². The second kappa shape index (κ2) is 4.94. The molecular formula is C11H22N2O2. The van der Waals surface area contributed by atoms with Gasteiger partial charge in [-0.25, -0.2) is 0 Å². The van der Waals surface area contributed by atoms with Crippen LogP contribution in [-0.4, -0.2) is 41.1 Å². The van der Waals surface area contributed by atoms with E-state index in [2.05, 4.69) is 0 Å². The van der Waals surface area contributed by atoms with Crippen molar-refractivity contribution < 1.29 is 9.90 Å². The van der Waals surface area contributed by atoms with Gasteiger partial charge in [-0.3, -0.25) is 4.79 Å². The average Bonchev–Trinajstić information content (AvgIpc) is 2.62. The Morgan fingerprint density at radius 2 is 2.07 bits per heavy atom. The lowest BCUT2D eigenvalue weighted by molar-refractivity contribution is -0.134. The second-order valence-corrected chi connectivity index (χ2v) is 4.64. The molecule has 4 nitrogen and oxygen atoms in total. The van der Waals surface area contributed by atoms with E-state index in [0.717, 1.165) is 25.7 Å². The van der Waals surface area contributed by atoms with Crippen molar-refractivity contribution in [2.24, 2.45) is 5.73 Å². The summed E-state index contributed by atoms with van der Waals surface area (Å²) in [4.78, 5) is 13.3. The molecular weight excluding hydrogens is 192 g/mol. The quantitative estimate of drug-likeness (QED) is 0.715. The Morgan fingerprint density at radius 1 is 1.53 bits per heavy atom. The molecule has 1 amide bonds. The van der Waals surface area contributed by atoms with Gasteiger partial charge in [0.05, 0.1) is 11.6 Å². The van der Waals surface area contributed by atoms with Crippen molar-refractivity contribution in [3.8, 4) is 0 Å². The Morgan fingerprint density at radius 3 is 2.53 bits per heavy atom. The van der Waals surface area contributed by atoms with Gasteiger partial charge in [0.2, 0.25) is 5.91 Å². The predicted molar refractivity (Wildman–Crippen MR) is 59.3 cm³/mol. The maximum atomic E-state index is 11.7. The fourth-order valence-electron chi connectivity index (χ4n) is 2.17. The first-order valence-corrected chi connectivity index (χ1v) is 5.71. The highest BCUT2D eigenvalue weighted by molar-refractivity contribution is 5.81. The number of hydrogen-bond acceptors (Lipinski definition) is 3. The molecule has 0 spiro atoms. The predicted octanol–water partition coefficient (Wildman–Crippen LogP) is 0.487. The zero-order chi connectivity index (χ0) is 11.5. The van der Waals surface area contributed by atoms with Gasteiger partial charge in [0.15, 0.2) is 0 Å². The molecule has 0 aromatic heterocycles. The molecule has 3 N–H and O–H groups in total. The van der Waals surface area contributed by atoms with Gasteiger partial charge < -0.3 is 15.7 Å². The van der Waals surface area contributed by atoms with Gasteiger partial charge in [-0.05, 0) is 19.3 Å². The number of rotatable bonds is 4. The van der Waals surface area contributed by atoms with Crippen LogP contribution in [0.4, 0.5) is 0 Å². The van der Waals surface area contributed by atoms with Crippen molar-refractivity contribution in [2.75, 3.05) is 13.6 Å². The summed E-state index contributed by atoms with van der Waals surface area (Å²) >= 11 is 0. The summed E-state index contributed by atoms with van der Waals surface area (Å²) in [5, 5.41) is 10.1. The second-order valence-electron chi connectivity index (χ2n) is 4.64. The standard InChI is InChI=1S/C11H22N2O2/c1-3-9(12)10(14)13(2)8-11(15)6-4-5-7-11/h9,15H,3-8,12H2,1-2H3. The van der Waals surface area contributed by atoms with E-state index < -0.39 is 11.6 Å². The lowest BCUT2D eigenvalue weighted by Crippen LogP contribution is -2.47. The maximum Gasteiger partial charge on any atom is 0.239 e. The van der Waals surface area contributed by atoms with Crippen LogP contribution in [0.2, 0.25) is 0 Å². The van der Waals surface area contributed by atoms with Gasteiger partial charge in [-0.2, -0.15) is 0 Å². The third kappa shape index (κ3) is 3.18. The molecule has 1 aliphatic carbocycles. The van der Waals surface area contributed by atoms with Gasteiger partial charge in [0, 0.05) is 13.6 Å². The van der Waals surface area contributed by atoms with Gasteiger partial charge in [0.1, 0.15) is 0 Å². The van der Waals surface area contributed by atoms with Crippen molar-refractivity contribution in [1.82, 2.24) is 4.90 Å². The van der Waals surface area contributed by atoms with Crippen LogP contribution in [0.3, 0.4) is 0 Å². The van der Waals surface area contributed by atoms with Gasteiger partial charge >= 0.3 is 0 Å². The van der Waals surface area contributed by atoms with E-state index in [1.165, 1.54) is 0 Å². The largest absolute Gasteiger partial charge is 0.388 e. The van der Waals surface area contributed by atoms with Crippen LogP contribution >= 0.6 is 0 Å². The Labute approximate surface area is 91.4 Å². The summed E-state index contributed by atoms with van der Waals surface area (Å²) in [5.41, 5.74) is 4.99. The molecule has 1 fully saturated rings. The molecule has 0 aromatic carbocycles. The number of carbonyl (C=O) groups is 1. The van der Waals surface area contributed by atoms with E-state index in [1.807, 2.05) is 6.92 Å². The molecule has 1 aliphatic rings. The average molecular weight is 214 g/mol. The fraction of sp³-hybridized carbons (Fsp3) is 0.909. The molecule has 15 heavy (non-hydrogen) atoms. The molecule has 0 bridgehead atoms. The molecule has 0 radical (unpaired) electrons. The monoisotopic (exact) mass is 214 g/mol. The first kappa shape index (κ1) is 12.5. The number of nitrogens with zero attached hydrogens (tertiary/aromatic N) is 1. The third-order valence-electron chi connectivity index (χ3n) is 3.20. The lowest BCUT2D eigenvalue weighted by Gasteiger charge is -2.29. The first-order valence-electron chi connectivity index (χ1n) is 5.71. The van der Waals surface area contributed by atoms with E-state index in [9.17, 15) is 9.90 Å². The Bertz CT molecular complexity index is 225. The van der Waals surface area contributed by atoms with Crippen molar-refractivity contribution in [3.63, 3.8) is 0 Å². The van der Waals surface area contributed by atoms with Crippen molar-refractivity contribution >= 4 is 5.91 Å². The van der Waals surface area contributed by atoms with Gasteiger partial charge in [0.25, 0.3) is 0 Å². The number of likely N-dealkylation sites (N-methyl/N-ethyl adjacent to an activating group) is 1. The minimum Gasteiger partial charge on any atom is -0.388 e. The minimum absolute atomic E-state index is 0.0715. The number of aliphatic hydroxyl groups is 1. The summed E-state index contributed by atoms with van der Waals surface area (Å²) in [5.74, 6) is -0.0715. The van der Waals surface area contributed by atoms with Crippen LogP contribution < -0.4 is 5.73 Å². The molecule has 4 heteroatoms. The zero-order valence-corrected chi connectivity index (χ0v) is 9.70. The van der Waals surface area contributed by atoms with Crippen LogP contribution in [0.15, 0.2) is 0 Å². The molecule has 1 atom stereocenters. The van der Waals surface area contributed by atoms with Crippen LogP contribution in [0.5, 0.6) is 0 Å². The van der Waals surface area contributed by atoms with Crippen molar-refractivity contribution in [3.05, 3.63) is 0 Å². The highest BCUT2D eigenvalue weighted by Gasteiger charge is 2.33. The van der Waals surface area contributed by atoms with Crippen LogP contribution in [0.1, 0.15) is 39.0 Å². The number of hydrogen-bond donors (Lipinski definition) is 2. The summed E-state index contributed by atoms with van der Waals surface area (Å²) in [7, 11) is 1.72. The minimum atomic E-state index is -0.669. The highest BCUT2D eigenvalue weighted by Crippen LogP contribution is 2.29. The molecule has 0 heterocycles. The number of amides is 1. The highest BCUT2D eigenvalue weighted by atomic mass is 16.3. The lowest BCUT2D eigenvalue weighted by atomic mass is 10.0. The summed E-state index contributed by atoms with van der Waals surface area (Å²) < 4.78 is 0. The van der Waals surface area contributed by atoms with E-state index in [1.54, 1.807) is 11.9 Å². The normalized spacial score (nSPS) is 21.3. The SMILES string of the molecule is CCC(N)C(=O)N(C)CC1(O)CCCC1. The first-order chi connectivity index (χ1) is 6.98.